The van der Waals surface area contributed by atoms with Gasteiger partial charge in [0.15, 0.2) is 10.1 Å². The van der Waals surface area contributed by atoms with Crippen LogP contribution >= 0.6 is 35.3 Å². The first-order chi connectivity index (χ1) is 11.9. The number of aromatic nitrogens is 3. The van der Waals surface area contributed by atoms with Crippen LogP contribution in [0.5, 0.6) is 0 Å². The fraction of sp³-hybridized carbons (Fsp3) is 0.188. The molecule has 0 bridgehead atoms. The van der Waals surface area contributed by atoms with E-state index in [1.54, 1.807) is 23.8 Å². The molecule has 0 aliphatic carbocycles. The second kappa shape index (κ2) is 6.86. The lowest BCUT2D eigenvalue weighted by molar-refractivity contribution is 0.584. The van der Waals surface area contributed by atoms with E-state index in [-0.39, 0.29) is 28.6 Å². The van der Waals surface area contributed by atoms with Crippen molar-refractivity contribution < 1.29 is 8.42 Å². The van der Waals surface area contributed by atoms with Crippen molar-refractivity contribution in [1.82, 2.24) is 13.4 Å². The summed E-state index contributed by atoms with van der Waals surface area (Å²) in [5.74, 6) is 0. The zero-order valence-corrected chi connectivity index (χ0v) is 16.9. The zero-order chi connectivity index (χ0) is 17.8. The molecule has 3 heterocycles. The molecule has 3 aromatic heterocycles. The highest BCUT2D eigenvalue weighted by Crippen LogP contribution is 2.31. The van der Waals surface area contributed by atoms with Gasteiger partial charge in [-0.25, -0.2) is 8.96 Å². The van der Waals surface area contributed by atoms with Crippen LogP contribution in [0.2, 0.25) is 5.15 Å². The van der Waals surface area contributed by atoms with Crippen LogP contribution in [-0.2, 0) is 16.4 Å². The minimum atomic E-state index is -3.91. The summed E-state index contributed by atoms with van der Waals surface area (Å²) in [5.41, 5.74) is 7.40. The van der Waals surface area contributed by atoms with Crippen molar-refractivity contribution >= 4 is 61.2 Å². The Morgan fingerprint density at radius 3 is 2.81 bits per heavy atom. The smallest absolute Gasteiger partial charge is 0.287 e. The number of imidazole rings is 1. The van der Waals surface area contributed by atoms with Crippen LogP contribution in [0.4, 0.5) is 0 Å². The zero-order valence-electron chi connectivity index (χ0n) is 13.7. The molecule has 0 radical (unpaired) electrons. The number of hydrogen-bond donors (Lipinski definition) is 1. The number of para-hydroxylation sites is 1. The summed E-state index contributed by atoms with van der Waals surface area (Å²) in [6.45, 7) is 1.89. The van der Waals surface area contributed by atoms with E-state index >= 15 is 0 Å². The quantitative estimate of drug-likeness (QED) is 0.536. The third kappa shape index (κ3) is 2.91. The molecule has 0 fully saturated rings. The van der Waals surface area contributed by atoms with E-state index in [9.17, 15) is 8.42 Å². The fourth-order valence-corrected chi connectivity index (χ4v) is 5.80. The van der Waals surface area contributed by atoms with Crippen molar-refractivity contribution in [2.45, 2.75) is 24.4 Å². The van der Waals surface area contributed by atoms with E-state index < -0.39 is 10.0 Å². The predicted molar refractivity (Wildman–Crippen MR) is 107 cm³/mol. The molecule has 10 heteroatoms. The number of thiazole rings is 1. The largest absolute Gasteiger partial charge is 0.328 e. The van der Waals surface area contributed by atoms with E-state index in [1.165, 1.54) is 19.7 Å². The molecule has 0 saturated carbocycles. The lowest BCUT2D eigenvalue weighted by Gasteiger charge is -2.07. The molecule has 1 atom stereocenters. The van der Waals surface area contributed by atoms with Gasteiger partial charge in [0.1, 0.15) is 0 Å². The molecule has 138 valence electrons. The van der Waals surface area contributed by atoms with Gasteiger partial charge in [0, 0.05) is 29.2 Å². The predicted octanol–water partition coefficient (Wildman–Crippen LogP) is 3.55. The molecule has 1 aromatic carbocycles. The van der Waals surface area contributed by atoms with Gasteiger partial charge in [0.25, 0.3) is 10.0 Å². The van der Waals surface area contributed by atoms with Crippen LogP contribution in [0.1, 0.15) is 12.5 Å². The number of halogens is 2. The van der Waals surface area contributed by atoms with Gasteiger partial charge in [-0.15, -0.1) is 23.7 Å². The van der Waals surface area contributed by atoms with Gasteiger partial charge in [0.2, 0.25) is 5.03 Å². The van der Waals surface area contributed by atoms with E-state index in [1.807, 2.05) is 25.1 Å². The molecular weight excluding hydrogens is 415 g/mol. The number of nitrogens with two attached hydrogens (primary N) is 1. The second-order valence-corrected chi connectivity index (χ2v) is 8.88. The number of hydrogen-bond acceptors (Lipinski definition) is 5. The molecule has 0 aliphatic rings. The van der Waals surface area contributed by atoms with Crippen molar-refractivity contribution in [3.05, 3.63) is 52.8 Å². The third-order valence-corrected chi connectivity index (χ3v) is 6.82. The van der Waals surface area contributed by atoms with Gasteiger partial charge in [-0.1, -0.05) is 29.8 Å². The van der Waals surface area contributed by atoms with Crippen molar-refractivity contribution in [1.29, 1.82) is 0 Å². The summed E-state index contributed by atoms with van der Waals surface area (Å²) in [7, 11) is -3.91. The average molecular weight is 431 g/mol. The first kappa shape index (κ1) is 19.2. The molecule has 0 spiro atoms. The second-order valence-electron chi connectivity index (χ2n) is 5.92. The topological polar surface area (TPSA) is 82.4 Å². The minimum absolute atomic E-state index is 0. The first-order valence-corrected chi connectivity index (χ1v) is 10.3. The monoisotopic (exact) mass is 430 g/mol. The Hall–Kier alpha value is -1.58. The lowest BCUT2D eigenvalue weighted by atomic mass is 10.1. The Morgan fingerprint density at radius 1 is 1.35 bits per heavy atom. The first-order valence-electron chi connectivity index (χ1n) is 7.61. The molecular formula is C16H16Cl2N4O2S2. The molecule has 2 N–H and O–H groups in total. The van der Waals surface area contributed by atoms with Crippen LogP contribution in [0.3, 0.4) is 0 Å². The maximum Gasteiger partial charge on any atom is 0.287 e. The van der Waals surface area contributed by atoms with Crippen molar-refractivity contribution in [3.63, 3.8) is 0 Å². The van der Waals surface area contributed by atoms with Gasteiger partial charge in [-0.2, -0.15) is 8.42 Å². The Morgan fingerprint density at radius 2 is 2.08 bits per heavy atom. The van der Waals surface area contributed by atoms with Crippen molar-refractivity contribution in [2.24, 2.45) is 5.73 Å². The molecule has 26 heavy (non-hydrogen) atoms. The maximum atomic E-state index is 13.3. The number of nitrogens with zero attached hydrogens (tertiary/aromatic N) is 3. The molecule has 0 amide bonds. The van der Waals surface area contributed by atoms with E-state index in [0.29, 0.717) is 16.9 Å². The Bertz CT molecular complexity index is 1190. The summed E-state index contributed by atoms with van der Waals surface area (Å²) in [6.07, 6.45) is 3.86. The highest BCUT2D eigenvalue weighted by Gasteiger charge is 2.28. The van der Waals surface area contributed by atoms with Crippen LogP contribution in [0.25, 0.3) is 15.9 Å². The van der Waals surface area contributed by atoms with E-state index in [2.05, 4.69) is 4.98 Å². The van der Waals surface area contributed by atoms with Crippen molar-refractivity contribution in [3.8, 4) is 0 Å². The molecule has 0 saturated heterocycles. The van der Waals surface area contributed by atoms with Crippen LogP contribution in [0, 0.1) is 0 Å². The Kier molecular flexibility index (Phi) is 5.06. The molecule has 4 aromatic rings. The molecule has 0 aliphatic heterocycles. The normalized spacial score (nSPS) is 13.2. The van der Waals surface area contributed by atoms with E-state index in [0.717, 1.165) is 10.9 Å². The number of fused-ring (bicyclic) bond motifs is 2. The summed E-state index contributed by atoms with van der Waals surface area (Å²) >= 11 is 7.48. The molecule has 6 nitrogen and oxygen atoms in total. The summed E-state index contributed by atoms with van der Waals surface area (Å²) in [4.78, 5) is 4.67. The van der Waals surface area contributed by atoms with E-state index in [4.69, 9.17) is 17.3 Å². The standard InChI is InChI=1S/C16H15ClN4O2S2.ClH/c1-10(18)8-11-9-21(13-5-3-2-4-12(11)13)25(22,23)15-14(17)19-16-20(15)6-7-24-16;/h2-7,9-10H,8,18H2,1H3;1H/t10-;/m0./s1. The Balaban J connectivity index is 0.00000196. The van der Waals surface area contributed by atoms with Crippen LogP contribution in [-0.4, -0.2) is 27.8 Å². The highest BCUT2D eigenvalue weighted by atomic mass is 35.5. The number of rotatable bonds is 4. The van der Waals surface area contributed by atoms with Crippen molar-refractivity contribution in [2.75, 3.05) is 0 Å². The number of benzene rings is 1. The maximum absolute atomic E-state index is 13.3. The summed E-state index contributed by atoms with van der Waals surface area (Å²) in [5, 5.41) is 2.58. The fourth-order valence-electron chi connectivity index (χ4n) is 2.99. The van der Waals surface area contributed by atoms with Gasteiger partial charge in [0.05, 0.1) is 5.52 Å². The minimum Gasteiger partial charge on any atom is -0.328 e. The van der Waals surface area contributed by atoms with Crippen LogP contribution in [0.15, 0.2) is 47.1 Å². The summed E-state index contributed by atoms with van der Waals surface area (Å²) in [6, 6.07) is 7.29. The molecule has 0 unspecified atom stereocenters. The van der Waals surface area contributed by atoms with Crippen LogP contribution < -0.4 is 5.73 Å². The highest BCUT2D eigenvalue weighted by molar-refractivity contribution is 7.90. The lowest BCUT2D eigenvalue weighted by Crippen LogP contribution is -2.18. The van der Waals surface area contributed by atoms with Gasteiger partial charge < -0.3 is 5.73 Å². The van der Waals surface area contributed by atoms with Gasteiger partial charge >= 0.3 is 0 Å². The van der Waals surface area contributed by atoms with Gasteiger partial charge in [-0.3, -0.25) is 4.40 Å². The average Bonchev–Trinajstić information content (AvgIpc) is 3.20. The molecule has 4 rings (SSSR count). The SMILES string of the molecule is C[C@H](N)Cc1cn(S(=O)(=O)c2c(Cl)nc3sccn23)c2ccccc12.Cl. The Labute approximate surface area is 165 Å². The third-order valence-electron chi connectivity index (χ3n) is 3.98. The van der Waals surface area contributed by atoms with Gasteiger partial charge in [-0.05, 0) is 25.0 Å². The summed E-state index contributed by atoms with van der Waals surface area (Å²) < 4.78 is 29.4.